The number of halogens is 1. The number of benzene rings is 2. The maximum Gasteiger partial charge on any atom is 0.161 e. The van der Waals surface area contributed by atoms with Crippen LogP contribution in [0.5, 0.6) is 11.5 Å². The minimum atomic E-state index is 0.258. The van der Waals surface area contributed by atoms with Gasteiger partial charge in [-0.15, -0.1) is 0 Å². The summed E-state index contributed by atoms with van der Waals surface area (Å²) >= 11 is 3.59. The Balaban J connectivity index is 2.04. The molecule has 2 aromatic carbocycles. The molecule has 0 radical (unpaired) electrons. The van der Waals surface area contributed by atoms with E-state index in [-0.39, 0.29) is 6.04 Å². The zero-order chi connectivity index (χ0) is 15.2. The molecule has 2 rings (SSSR count). The van der Waals surface area contributed by atoms with E-state index >= 15 is 0 Å². The third kappa shape index (κ3) is 3.99. The van der Waals surface area contributed by atoms with E-state index in [1.54, 1.807) is 14.2 Å². The molecule has 1 N–H and O–H groups in total. The maximum absolute atomic E-state index is 5.33. The van der Waals surface area contributed by atoms with Gasteiger partial charge in [0.1, 0.15) is 0 Å². The minimum Gasteiger partial charge on any atom is -0.493 e. The largest absolute Gasteiger partial charge is 0.493 e. The lowest BCUT2D eigenvalue weighted by Crippen LogP contribution is -2.18. The molecule has 0 heterocycles. The monoisotopic (exact) mass is 349 g/mol. The number of methoxy groups -OCH3 is 2. The molecule has 0 spiro atoms. The van der Waals surface area contributed by atoms with Crippen molar-refractivity contribution in [1.29, 1.82) is 0 Å². The van der Waals surface area contributed by atoms with Gasteiger partial charge in [0.2, 0.25) is 0 Å². The molecule has 0 aliphatic rings. The van der Waals surface area contributed by atoms with Crippen molar-refractivity contribution in [2.24, 2.45) is 0 Å². The van der Waals surface area contributed by atoms with Crippen molar-refractivity contribution in [3.8, 4) is 11.5 Å². The zero-order valence-corrected chi connectivity index (χ0v) is 14.1. The van der Waals surface area contributed by atoms with Crippen LogP contribution in [-0.2, 0) is 6.54 Å². The van der Waals surface area contributed by atoms with Gasteiger partial charge >= 0.3 is 0 Å². The summed E-state index contributed by atoms with van der Waals surface area (Å²) in [4.78, 5) is 0. The fourth-order valence-electron chi connectivity index (χ4n) is 2.20. The van der Waals surface area contributed by atoms with Gasteiger partial charge in [-0.2, -0.15) is 0 Å². The molecule has 1 atom stereocenters. The van der Waals surface area contributed by atoms with Crippen LogP contribution in [0, 0.1) is 0 Å². The first kappa shape index (κ1) is 15.9. The van der Waals surface area contributed by atoms with E-state index in [1.807, 2.05) is 24.3 Å². The van der Waals surface area contributed by atoms with Crippen molar-refractivity contribution < 1.29 is 9.47 Å². The lowest BCUT2D eigenvalue weighted by molar-refractivity contribution is 0.354. The lowest BCUT2D eigenvalue weighted by Gasteiger charge is -2.16. The van der Waals surface area contributed by atoms with Crippen molar-refractivity contribution in [3.63, 3.8) is 0 Å². The normalized spacial score (nSPS) is 12.0. The third-order valence-electron chi connectivity index (χ3n) is 3.43. The molecule has 0 aliphatic heterocycles. The Labute approximate surface area is 134 Å². The van der Waals surface area contributed by atoms with Crippen molar-refractivity contribution in [3.05, 3.63) is 58.1 Å². The molecule has 0 saturated heterocycles. The molecule has 0 fully saturated rings. The Kier molecular flexibility index (Phi) is 5.65. The lowest BCUT2D eigenvalue weighted by atomic mass is 10.1. The Bertz CT molecular complexity index is 601. The van der Waals surface area contributed by atoms with Crippen LogP contribution in [-0.4, -0.2) is 14.2 Å². The minimum absolute atomic E-state index is 0.258. The number of hydrogen-bond donors (Lipinski definition) is 1. The Morgan fingerprint density at radius 2 is 1.76 bits per heavy atom. The summed E-state index contributed by atoms with van der Waals surface area (Å²) in [6.45, 7) is 2.92. The summed E-state index contributed by atoms with van der Waals surface area (Å²) in [6, 6.07) is 14.5. The van der Waals surface area contributed by atoms with Crippen molar-refractivity contribution in [2.75, 3.05) is 14.2 Å². The van der Waals surface area contributed by atoms with Gasteiger partial charge in [0.25, 0.3) is 0 Å². The Hall–Kier alpha value is -1.52. The zero-order valence-electron chi connectivity index (χ0n) is 12.5. The number of nitrogens with one attached hydrogen (secondary N) is 1. The molecule has 0 aliphatic carbocycles. The number of rotatable bonds is 6. The Morgan fingerprint density at radius 3 is 2.43 bits per heavy atom. The summed E-state index contributed by atoms with van der Waals surface area (Å²) in [5, 5.41) is 3.52. The first-order valence-corrected chi connectivity index (χ1v) is 7.63. The summed E-state index contributed by atoms with van der Waals surface area (Å²) in [7, 11) is 3.30. The highest BCUT2D eigenvalue weighted by Crippen LogP contribution is 2.28. The van der Waals surface area contributed by atoms with Crippen LogP contribution in [0.3, 0.4) is 0 Å². The highest BCUT2D eigenvalue weighted by molar-refractivity contribution is 9.10. The predicted octanol–water partition coefficient (Wildman–Crippen LogP) is 4.32. The number of hydrogen-bond acceptors (Lipinski definition) is 3. The van der Waals surface area contributed by atoms with Gasteiger partial charge in [-0.25, -0.2) is 0 Å². The van der Waals surface area contributed by atoms with Gasteiger partial charge in [-0.3, -0.25) is 0 Å². The summed E-state index contributed by atoms with van der Waals surface area (Å²) < 4.78 is 11.7. The molecule has 0 amide bonds. The maximum atomic E-state index is 5.33. The molecule has 0 saturated carbocycles. The van der Waals surface area contributed by atoms with Crippen molar-refractivity contribution in [2.45, 2.75) is 19.5 Å². The molecule has 112 valence electrons. The highest BCUT2D eigenvalue weighted by atomic mass is 79.9. The molecule has 2 aromatic rings. The van der Waals surface area contributed by atoms with Crippen molar-refractivity contribution in [1.82, 2.24) is 5.32 Å². The first-order valence-electron chi connectivity index (χ1n) is 6.84. The smallest absolute Gasteiger partial charge is 0.161 e. The molecule has 21 heavy (non-hydrogen) atoms. The van der Waals surface area contributed by atoms with E-state index in [4.69, 9.17) is 9.47 Å². The van der Waals surface area contributed by atoms with E-state index in [1.165, 1.54) is 5.56 Å². The summed E-state index contributed by atoms with van der Waals surface area (Å²) in [5.74, 6) is 1.51. The molecule has 0 bridgehead atoms. The van der Waals surface area contributed by atoms with Gasteiger partial charge in [0, 0.05) is 17.1 Å². The molecular weight excluding hydrogens is 330 g/mol. The van der Waals surface area contributed by atoms with E-state index < -0.39 is 0 Å². The van der Waals surface area contributed by atoms with Crippen molar-refractivity contribution >= 4 is 15.9 Å². The van der Waals surface area contributed by atoms with E-state index in [2.05, 4.69) is 46.4 Å². The predicted molar refractivity (Wildman–Crippen MR) is 88.9 cm³/mol. The molecular formula is C17H20BrNO2. The third-order valence-corrected chi connectivity index (χ3v) is 4.15. The van der Waals surface area contributed by atoms with Gasteiger partial charge in [-0.1, -0.05) is 40.2 Å². The van der Waals surface area contributed by atoms with E-state index in [9.17, 15) is 0 Å². The highest BCUT2D eigenvalue weighted by Gasteiger charge is 2.09. The average molecular weight is 350 g/mol. The topological polar surface area (TPSA) is 30.5 Å². The van der Waals surface area contributed by atoms with E-state index in [0.717, 1.165) is 28.1 Å². The second-order valence-corrected chi connectivity index (χ2v) is 5.67. The summed E-state index contributed by atoms with van der Waals surface area (Å²) in [5.41, 5.74) is 2.41. The van der Waals surface area contributed by atoms with Crippen LogP contribution >= 0.6 is 15.9 Å². The molecule has 1 unspecified atom stereocenters. The standard InChI is InChI=1S/C17H20BrNO2/c1-12(14-6-4-5-7-15(14)18)19-11-13-8-9-16(20-2)17(10-13)21-3/h4-10,12,19H,11H2,1-3H3. The van der Waals surface area contributed by atoms with Gasteiger partial charge in [-0.05, 0) is 36.2 Å². The van der Waals surface area contributed by atoms with Crippen LogP contribution in [0.4, 0.5) is 0 Å². The van der Waals surface area contributed by atoms with Crippen LogP contribution in [0.25, 0.3) is 0 Å². The molecule has 3 nitrogen and oxygen atoms in total. The average Bonchev–Trinajstić information content (AvgIpc) is 2.52. The van der Waals surface area contributed by atoms with Gasteiger partial charge in [0.15, 0.2) is 11.5 Å². The van der Waals surface area contributed by atoms with Crippen LogP contribution in [0.15, 0.2) is 46.9 Å². The quantitative estimate of drug-likeness (QED) is 0.842. The van der Waals surface area contributed by atoms with Crippen LogP contribution < -0.4 is 14.8 Å². The van der Waals surface area contributed by atoms with Crippen LogP contribution in [0.2, 0.25) is 0 Å². The molecule has 4 heteroatoms. The second-order valence-electron chi connectivity index (χ2n) is 4.81. The Morgan fingerprint density at radius 1 is 1.05 bits per heavy atom. The summed E-state index contributed by atoms with van der Waals surface area (Å²) in [6.07, 6.45) is 0. The first-order chi connectivity index (χ1) is 10.2. The van der Waals surface area contributed by atoms with E-state index in [0.29, 0.717) is 0 Å². The number of ether oxygens (including phenoxy) is 2. The van der Waals surface area contributed by atoms with Gasteiger partial charge in [0.05, 0.1) is 14.2 Å². The van der Waals surface area contributed by atoms with Crippen LogP contribution in [0.1, 0.15) is 24.1 Å². The van der Waals surface area contributed by atoms with Gasteiger partial charge < -0.3 is 14.8 Å². The second kappa shape index (κ2) is 7.48. The molecule has 0 aromatic heterocycles. The fraction of sp³-hybridized carbons (Fsp3) is 0.294. The SMILES string of the molecule is COc1ccc(CNC(C)c2ccccc2Br)cc1OC. The fourth-order valence-corrected chi connectivity index (χ4v) is 2.83.